The molecule has 1 amide bonds. The molecule has 0 N–H and O–H groups in total. The minimum atomic E-state index is -0.322. The number of hydrogen-bond donors (Lipinski definition) is 0. The van der Waals surface area contributed by atoms with Gasteiger partial charge in [-0.15, -0.1) is 0 Å². The van der Waals surface area contributed by atoms with Crippen molar-refractivity contribution in [3.05, 3.63) is 88.7 Å². The Kier molecular flexibility index (Phi) is 5.80. The van der Waals surface area contributed by atoms with Crippen molar-refractivity contribution in [2.75, 3.05) is 27.9 Å². The zero-order valence-electron chi connectivity index (χ0n) is 17.7. The van der Waals surface area contributed by atoms with Gasteiger partial charge in [0.15, 0.2) is 11.5 Å². The number of carbonyl (C=O) groups excluding carboxylic acids is 1. The van der Waals surface area contributed by atoms with E-state index in [0.29, 0.717) is 29.4 Å². The number of nitrogens with zero attached hydrogens (tertiary/aromatic N) is 1. The molecule has 1 aliphatic rings. The van der Waals surface area contributed by atoms with Gasteiger partial charge in [-0.1, -0.05) is 36.4 Å². The molecule has 0 spiro atoms. The molecule has 1 aliphatic heterocycles. The van der Waals surface area contributed by atoms with Crippen molar-refractivity contribution in [2.45, 2.75) is 12.5 Å². The average molecular weight is 421 g/mol. The Morgan fingerprint density at radius 2 is 1.58 bits per heavy atom. The number of hydrogen-bond acceptors (Lipinski definition) is 4. The molecule has 0 aromatic heterocycles. The molecule has 0 fully saturated rings. The summed E-state index contributed by atoms with van der Waals surface area (Å²) in [5, 5.41) is 0. The van der Waals surface area contributed by atoms with Crippen LogP contribution in [0, 0.1) is 5.82 Å². The average Bonchev–Trinajstić information content (AvgIpc) is 2.82. The van der Waals surface area contributed by atoms with Crippen LogP contribution in [-0.4, -0.2) is 38.7 Å². The van der Waals surface area contributed by atoms with E-state index in [1.165, 1.54) is 39.0 Å². The lowest BCUT2D eigenvalue weighted by atomic mass is 9.87. The predicted molar refractivity (Wildman–Crippen MR) is 116 cm³/mol. The van der Waals surface area contributed by atoms with E-state index in [1.54, 1.807) is 24.3 Å². The fraction of sp³-hybridized carbons (Fsp3) is 0.240. The van der Waals surface area contributed by atoms with Crippen LogP contribution in [0.1, 0.15) is 33.1 Å². The Morgan fingerprint density at radius 1 is 0.935 bits per heavy atom. The van der Waals surface area contributed by atoms with Gasteiger partial charge in [-0.2, -0.15) is 0 Å². The van der Waals surface area contributed by atoms with Crippen LogP contribution in [-0.2, 0) is 6.42 Å². The Balaban J connectivity index is 1.80. The van der Waals surface area contributed by atoms with Gasteiger partial charge < -0.3 is 19.1 Å². The molecule has 1 unspecified atom stereocenters. The van der Waals surface area contributed by atoms with Gasteiger partial charge in [0.05, 0.1) is 27.4 Å². The molecule has 0 saturated heterocycles. The largest absolute Gasteiger partial charge is 0.493 e. The van der Waals surface area contributed by atoms with Gasteiger partial charge in [0, 0.05) is 12.1 Å². The highest BCUT2D eigenvalue weighted by Gasteiger charge is 2.33. The van der Waals surface area contributed by atoms with Crippen molar-refractivity contribution in [2.24, 2.45) is 0 Å². The van der Waals surface area contributed by atoms with E-state index in [-0.39, 0.29) is 17.8 Å². The second-order valence-corrected chi connectivity index (χ2v) is 7.32. The normalized spacial score (nSPS) is 15.2. The van der Waals surface area contributed by atoms with E-state index in [0.717, 1.165) is 17.5 Å². The van der Waals surface area contributed by atoms with Gasteiger partial charge in [-0.05, 0) is 47.4 Å². The molecule has 0 radical (unpaired) electrons. The summed E-state index contributed by atoms with van der Waals surface area (Å²) in [6, 6.07) is 17.4. The van der Waals surface area contributed by atoms with Crippen molar-refractivity contribution < 1.29 is 23.4 Å². The van der Waals surface area contributed by atoms with E-state index < -0.39 is 0 Å². The quantitative estimate of drug-likeness (QED) is 0.602. The third-order valence-corrected chi connectivity index (χ3v) is 5.64. The zero-order chi connectivity index (χ0) is 22.0. The van der Waals surface area contributed by atoms with Crippen LogP contribution < -0.4 is 14.2 Å². The lowest BCUT2D eigenvalue weighted by molar-refractivity contribution is 0.0693. The van der Waals surface area contributed by atoms with Gasteiger partial charge in [0.2, 0.25) is 5.75 Å². The first-order valence-electron chi connectivity index (χ1n) is 10.0. The lowest BCUT2D eigenvalue weighted by Gasteiger charge is -2.38. The number of rotatable bonds is 5. The summed E-state index contributed by atoms with van der Waals surface area (Å²) < 4.78 is 29.8. The topological polar surface area (TPSA) is 48.0 Å². The van der Waals surface area contributed by atoms with Crippen molar-refractivity contribution in [3.63, 3.8) is 0 Å². The molecule has 3 aromatic rings. The van der Waals surface area contributed by atoms with Gasteiger partial charge in [0.25, 0.3) is 5.91 Å². The molecule has 31 heavy (non-hydrogen) atoms. The number of methoxy groups -OCH3 is 3. The van der Waals surface area contributed by atoms with Crippen LogP contribution in [0.25, 0.3) is 0 Å². The molecule has 1 atom stereocenters. The predicted octanol–water partition coefficient (Wildman–Crippen LogP) is 4.64. The molecule has 0 aliphatic carbocycles. The Morgan fingerprint density at radius 3 is 2.19 bits per heavy atom. The SMILES string of the molecule is COc1cc(C(=O)N2CCc3ccccc3C2c2ccc(F)cc2)cc(OC)c1OC. The Labute approximate surface area is 181 Å². The number of carbonyl (C=O) groups is 1. The third-order valence-electron chi connectivity index (χ3n) is 5.64. The van der Waals surface area contributed by atoms with Crippen LogP contribution in [0.3, 0.4) is 0 Å². The van der Waals surface area contributed by atoms with Crippen molar-refractivity contribution in [1.29, 1.82) is 0 Å². The van der Waals surface area contributed by atoms with Crippen LogP contribution in [0.4, 0.5) is 4.39 Å². The fourth-order valence-corrected chi connectivity index (χ4v) is 4.16. The summed E-state index contributed by atoms with van der Waals surface area (Å²) in [7, 11) is 4.56. The summed E-state index contributed by atoms with van der Waals surface area (Å²) in [6.45, 7) is 0.536. The number of fused-ring (bicyclic) bond motifs is 1. The highest BCUT2D eigenvalue weighted by Crippen LogP contribution is 2.40. The van der Waals surface area contributed by atoms with Gasteiger partial charge in [0.1, 0.15) is 5.82 Å². The summed E-state index contributed by atoms with van der Waals surface area (Å²) >= 11 is 0. The second-order valence-electron chi connectivity index (χ2n) is 7.32. The first-order chi connectivity index (χ1) is 15.1. The Hall–Kier alpha value is -3.54. The van der Waals surface area contributed by atoms with E-state index in [1.807, 2.05) is 23.1 Å². The fourth-order valence-electron chi connectivity index (χ4n) is 4.16. The van der Waals surface area contributed by atoms with Crippen LogP contribution >= 0.6 is 0 Å². The molecule has 0 saturated carbocycles. The van der Waals surface area contributed by atoms with Crippen molar-refractivity contribution in [1.82, 2.24) is 4.90 Å². The standard InChI is InChI=1S/C25H24FNO4/c1-29-21-14-18(15-22(30-2)24(21)31-3)25(28)27-13-12-16-6-4-5-7-20(16)23(27)17-8-10-19(26)11-9-17/h4-11,14-15,23H,12-13H2,1-3H3. The van der Waals surface area contributed by atoms with Crippen molar-refractivity contribution in [3.8, 4) is 17.2 Å². The minimum absolute atomic E-state index is 0.164. The molecule has 0 bridgehead atoms. The van der Waals surface area contributed by atoms with E-state index in [4.69, 9.17) is 14.2 Å². The minimum Gasteiger partial charge on any atom is -0.493 e. The van der Waals surface area contributed by atoms with E-state index in [2.05, 4.69) is 6.07 Å². The van der Waals surface area contributed by atoms with E-state index >= 15 is 0 Å². The summed E-state index contributed by atoms with van der Waals surface area (Å²) in [4.78, 5) is 15.5. The van der Waals surface area contributed by atoms with Gasteiger partial charge in [-0.3, -0.25) is 4.79 Å². The number of halogens is 1. The first-order valence-corrected chi connectivity index (χ1v) is 10.0. The maximum absolute atomic E-state index is 13.7. The van der Waals surface area contributed by atoms with E-state index in [9.17, 15) is 9.18 Å². The molecule has 5 nitrogen and oxygen atoms in total. The number of ether oxygens (including phenoxy) is 3. The number of benzene rings is 3. The molecule has 1 heterocycles. The molecule has 3 aromatic carbocycles. The highest BCUT2D eigenvalue weighted by atomic mass is 19.1. The lowest BCUT2D eigenvalue weighted by Crippen LogP contribution is -2.40. The highest BCUT2D eigenvalue weighted by molar-refractivity contribution is 5.96. The van der Waals surface area contributed by atoms with Crippen LogP contribution in [0.5, 0.6) is 17.2 Å². The smallest absolute Gasteiger partial charge is 0.254 e. The maximum atomic E-state index is 13.7. The molecule has 6 heteroatoms. The first kappa shape index (κ1) is 20.7. The summed E-state index contributed by atoms with van der Waals surface area (Å²) in [5.41, 5.74) is 3.52. The summed E-state index contributed by atoms with van der Waals surface area (Å²) in [6.07, 6.45) is 0.740. The number of amides is 1. The third kappa shape index (κ3) is 3.81. The zero-order valence-corrected chi connectivity index (χ0v) is 17.7. The molecule has 4 rings (SSSR count). The van der Waals surface area contributed by atoms with Gasteiger partial charge >= 0.3 is 0 Å². The molecular formula is C25H24FNO4. The molecule has 160 valence electrons. The maximum Gasteiger partial charge on any atom is 0.254 e. The second kappa shape index (κ2) is 8.68. The van der Waals surface area contributed by atoms with Gasteiger partial charge in [-0.25, -0.2) is 4.39 Å². The monoisotopic (exact) mass is 421 g/mol. The molecular weight excluding hydrogens is 397 g/mol. The summed E-state index contributed by atoms with van der Waals surface area (Å²) in [5.74, 6) is 0.793. The van der Waals surface area contributed by atoms with Crippen LogP contribution in [0.2, 0.25) is 0 Å². The van der Waals surface area contributed by atoms with Crippen LogP contribution in [0.15, 0.2) is 60.7 Å². The Bertz CT molecular complexity index is 1070. The van der Waals surface area contributed by atoms with Crippen molar-refractivity contribution >= 4 is 5.91 Å².